The number of para-hydroxylation sites is 2. The van der Waals surface area contributed by atoms with Gasteiger partial charge in [-0.25, -0.2) is 0 Å². The van der Waals surface area contributed by atoms with Crippen molar-refractivity contribution in [2.45, 2.75) is 19.8 Å². The van der Waals surface area contributed by atoms with Crippen LogP contribution in [0.4, 0.5) is 0 Å². The SMILES string of the molecule is C#C/C=C(\C=C/C)c1cccc(-n2c3ccccc3c3ccc(-n4c5c(c6ccccc64)C=CCC5)cc32)c1. The number of hydrogen-bond acceptors (Lipinski definition) is 0. The topological polar surface area (TPSA) is 9.86 Å². The molecule has 0 aliphatic heterocycles. The fourth-order valence-corrected chi connectivity index (χ4v) is 6.16. The fraction of sp³-hybridized carbons (Fsp3) is 0.0811. The third kappa shape index (κ3) is 3.67. The molecule has 2 heterocycles. The van der Waals surface area contributed by atoms with Gasteiger partial charge in [-0.3, -0.25) is 0 Å². The molecule has 2 heteroatoms. The number of benzene rings is 4. The largest absolute Gasteiger partial charge is 0.313 e. The van der Waals surface area contributed by atoms with Gasteiger partial charge >= 0.3 is 0 Å². The summed E-state index contributed by atoms with van der Waals surface area (Å²) >= 11 is 0. The van der Waals surface area contributed by atoms with Gasteiger partial charge in [0.25, 0.3) is 0 Å². The van der Waals surface area contributed by atoms with Crippen LogP contribution in [0.3, 0.4) is 0 Å². The molecule has 6 aromatic rings. The summed E-state index contributed by atoms with van der Waals surface area (Å²) in [5, 5.41) is 3.81. The van der Waals surface area contributed by atoms with E-state index < -0.39 is 0 Å². The van der Waals surface area contributed by atoms with Crippen LogP contribution < -0.4 is 0 Å². The van der Waals surface area contributed by atoms with Crippen molar-refractivity contribution in [2.24, 2.45) is 0 Å². The number of nitrogens with zero attached hydrogens (tertiary/aromatic N) is 2. The van der Waals surface area contributed by atoms with Crippen molar-refractivity contribution in [3.8, 4) is 23.7 Å². The number of aromatic nitrogens is 2. The molecule has 2 aromatic heterocycles. The van der Waals surface area contributed by atoms with Crippen LogP contribution in [0.5, 0.6) is 0 Å². The average molecular weight is 501 g/mol. The van der Waals surface area contributed by atoms with E-state index in [1.165, 1.54) is 49.7 Å². The molecule has 4 aromatic carbocycles. The zero-order valence-corrected chi connectivity index (χ0v) is 21.9. The van der Waals surface area contributed by atoms with Crippen LogP contribution in [0.15, 0.2) is 115 Å². The Labute approximate surface area is 228 Å². The summed E-state index contributed by atoms with van der Waals surface area (Å²) in [6, 6.07) is 33.0. The maximum absolute atomic E-state index is 5.66. The standard InChI is InChI=1S/C37H28N2/c1-3-12-26(13-4-2)27-14-11-15-28(24-27)39-36-21-10-7-18-32(36)33-23-22-29(25-37(33)39)38-34-19-8-5-16-30(34)31-17-6-9-20-35(31)38/h1,4-8,10-19,21-25H,9,20H2,2H3/b13-4-,26-12+. The second-order valence-electron chi connectivity index (χ2n) is 10.0. The van der Waals surface area contributed by atoms with Crippen LogP contribution >= 0.6 is 0 Å². The monoisotopic (exact) mass is 500 g/mol. The van der Waals surface area contributed by atoms with E-state index in [2.05, 4.69) is 124 Å². The van der Waals surface area contributed by atoms with Gasteiger partial charge in [0.1, 0.15) is 0 Å². The number of fused-ring (bicyclic) bond motifs is 6. The van der Waals surface area contributed by atoms with Crippen molar-refractivity contribution >= 4 is 44.4 Å². The molecule has 0 radical (unpaired) electrons. The molecule has 0 unspecified atom stereocenters. The predicted molar refractivity (Wildman–Crippen MR) is 167 cm³/mol. The summed E-state index contributed by atoms with van der Waals surface area (Å²) in [6.45, 7) is 2.02. The molecule has 0 spiro atoms. The van der Waals surface area contributed by atoms with Crippen molar-refractivity contribution in [2.75, 3.05) is 0 Å². The smallest absolute Gasteiger partial charge is 0.0561 e. The molecule has 0 fully saturated rings. The highest BCUT2D eigenvalue weighted by molar-refractivity contribution is 6.10. The summed E-state index contributed by atoms with van der Waals surface area (Å²) in [7, 11) is 0. The summed E-state index contributed by atoms with van der Waals surface area (Å²) in [5.41, 5.74) is 10.8. The quantitative estimate of drug-likeness (QED) is 0.169. The van der Waals surface area contributed by atoms with Crippen LogP contribution in [-0.4, -0.2) is 9.13 Å². The molecule has 186 valence electrons. The molecule has 0 bridgehead atoms. The highest BCUT2D eigenvalue weighted by Crippen LogP contribution is 2.37. The molecule has 1 aliphatic carbocycles. The Kier molecular flexibility index (Phi) is 5.57. The molecule has 0 atom stereocenters. The Morgan fingerprint density at radius 1 is 0.769 bits per heavy atom. The molecule has 1 aliphatic rings. The average Bonchev–Trinajstić information content (AvgIpc) is 3.50. The first-order valence-corrected chi connectivity index (χ1v) is 13.5. The number of rotatable bonds is 4. The van der Waals surface area contributed by atoms with Crippen molar-refractivity contribution in [1.29, 1.82) is 0 Å². The van der Waals surface area contributed by atoms with Gasteiger partial charge < -0.3 is 9.13 Å². The number of terminal acetylenes is 1. The van der Waals surface area contributed by atoms with E-state index in [0.29, 0.717) is 0 Å². The second kappa shape index (κ2) is 9.39. The lowest BCUT2D eigenvalue weighted by molar-refractivity contribution is 0.889. The van der Waals surface area contributed by atoms with Gasteiger partial charge in [-0.1, -0.05) is 84.8 Å². The molecule has 0 saturated carbocycles. The molecule has 0 N–H and O–H groups in total. The summed E-state index contributed by atoms with van der Waals surface area (Å²) in [5.74, 6) is 2.70. The zero-order chi connectivity index (χ0) is 26.3. The fourth-order valence-electron chi connectivity index (χ4n) is 6.16. The molecular weight excluding hydrogens is 472 g/mol. The van der Waals surface area contributed by atoms with Gasteiger partial charge in [0, 0.05) is 38.8 Å². The van der Waals surface area contributed by atoms with Crippen LogP contribution in [0.1, 0.15) is 30.2 Å². The highest BCUT2D eigenvalue weighted by atomic mass is 15.0. The van der Waals surface area contributed by atoms with Gasteiger partial charge in [0.05, 0.1) is 16.6 Å². The third-order valence-electron chi connectivity index (χ3n) is 7.79. The molecule has 0 saturated heterocycles. The van der Waals surface area contributed by atoms with E-state index >= 15 is 0 Å². The van der Waals surface area contributed by atoms with Gasteiger partial charge in [-0.05, 0) is 73.4 Å². The van der Waals surface area contributed by atoms with Crippen LogP contribution in [0.25, 0.3) is 55.7 Å². The van der Waals surface area contributed by atoms with Gasteiger partial charge in [-0.2, -0.15) is 0 Å². The van der Waals surface area contributed by atoms with Crippen LogP contribution in [-0.2, 0) is 6.42 Å². The lowest BCUT2D eigenvalue weighted by atomic mass is 10.0. The van der Waals surface area contributed by atoms with Crippen LogP contribution in [0, 0.1) is 12.3 Å². The minimum absolute atomic E-state index is 1.03. The molecule has 39 heavy (non-hydrogen) atoms. The van der Waals surface area contributed by atoms with E-state index in [-0.39, 0.29) is 0 Å². The molecule has 0 amide bonds. The maximum atomic E-state index is 5.66. The normalized spacial score (nSPS) is 13.5. The van der Waals surface area contributed by atoms with Gasteiger partial charge in [-0.15, -0.1) is 6.42 Å². The third-order valence-corrected chi connectivity index (χ3v) is 7.79. The second-order valence-corrected chi connectivity index (χ2v) is 10.0. The first-order valence-electron chi connectivity index (χ1n) is 13.5. The minimum Gasteiger partial charge on any atom is -0.313 e. The van der Waals surface area contributed by atoms with Crippen LogP contribution in [0.2, 0.25) is 0 Å². The van der Waals surface area contributed by atoms with Gasteiger partial charge in [0.15, 0.2) is 0 Å². The highest BCUT2D eigenvalue weighted by Gasteiger charge is 2.20. The Morgan fingerprint density at radius 2 is 1.51 bits per heavy atom. The summed E-state index contributed by atoms with van der Waals surface area (Å²) in [6.07, 6.45) is 18.3. The summed E-state index contributed by atoms with van der Waals surface area (Å²) in [4.78, 5) is 0. The van der Waals surface area contributed by atoms with E-state index in [9.17, 15) is 0 Å². The number of allylic oxidation sites excluding steroid dienone is 5. The van der Waals surface area contributed by atoms with E-state index in [0.717, 1.165) is 29.7 Å². The molecular formula is C37H28N2. The Hall–Kier alpha value is -5.00. The van der Waals surface area contributed by atoms with Gasteiger partial charge in [0.2, 0.25) is 0 Å². The predicted octanol–water partition coefficient (Wildman–Crippen LogP) is 9.28. The van der Waals surface area contributed by atoms with Crippen molar-refractivity contribution < 1.29 is 0 Å². The summed E-state index contributed by atoms with van der Waals surface area (Å²) < 4.78 is 4.85. The van der Waals surface area contributed by atoms with E-state index in [1.807, 2.05) is 19.1 Å². The Morgan fingerprint density at radius 3 is 2.33 bits per heavy atom. The van der Waals surface area contributed by atoms with E-state index in [1.54, 1.807) is 0 Å². The minimum atomic E-state index is 1.03. The van der Waals surface area contributed by atoms with Crippen molar-refractivity contribution in [1.82, 2.24) is 9.13 Å². The Bertz CT molecular complexity index is 2030. The molecule has 7 rings (SSSR count). The molecule has 2 nitrogen and oxygen atoms in total. The van der Waals surface area contributed by atoms with Crippen molar-refractivity contribution in [3.63, 3.8) is 0 Å². The zero-order valence-electron chi connectivity index (χ0n) is 21.9. The van der Waals surface area contributed by atoms with Crippen molar-refractivity contribution in [3.05, 3.63) is 132 Å². The van der Waals surface area contributed by atoms with E-state index in [4.69, 9.17) is 6.42 Å². The maximum Gasteiger partial charge on any atom is 0.0561 e. The lowest BCUT2D eigenvalue weighted by Gasteiger charge is -2.15. The number of hydrogen-bond donors (Lipinski definition) is 0. The first kappa shape index (κ1) is 23.1. The Balaban J connectivity index is 1.51. The first-order chi connectivity index (χ1) is 19.3. The lowest BCUT2D eigenvalue weighted by Crippen LogP contribution is -2.03.